The topological polar surface area (TPSA) is 54.9 Å². The molecule has 3 aromatic rings. The fraction of sp³-hybridized carbons (Fsp3) is 0.375. The summed E-state index contributed by atoms with van der Waals surface area (Å²) in [5, 5.41) is 0.778. The maximum Gasteiger partial charge on any atom is 0.341 e. The Kier molecular flexibility index (Phi) is 8.24. The molecule has 1 aromatic heterocycles. The number of hydrogen-bond acceptors (Lipinski definition) is 6. The highest BCUT2D eigenvalue weighted by Gasteiger charge is 2.29. The highest BCUT2D eigenvalue weighted by atomic mass is 35.5. The molecule has 6 nitrogen and oxygen atoms in total. The van der Waals surface area contributed by atoms with Crippen LogP contribution in [0.1, 0.15) is 49.0 Å². The van der Waals surface area contributed by atoms with E-state index < -0.39 is 5.97 Å². The van der Waals surface area contributed by atoms with Crippen molar-refractivity contribution in [2.24, 2.45) is 5.41 Å². The maximum absolute atomic E-state index is 12.4. The predicted molar refractivity (Wildman–Crippen MR) is 157 cm³/mol. The second-order valence-corrected chi connectivity index (χ2v) is 11.6. The number of ether oxygens (including phenoxy) is 2. The van der Waals surface area contributed by atoms with E-state index in [-0.39, 0.29) is 0 Å². The Labute approximate surface area is 236 Å². The summed E-state index contributed by atoms with van der Waals surface area (Å²) < 4.78 is 11.0. The van der Waals surface area contributed by atoms with E-state index in [0.717, 1.165) is 56.3 Å². The van der Waals surface area contributed by atoms with Crippen LogP contribution in [0.15, 0.2) is 72.6 Å². The minimum Gasteiger partial charge on any atom is -0.465 e. The van der Waals surface area contributed by atoms with Gasteiger partial charge in [-0.15, -0.1) is 0 Å². The number of esters is 1. The molecular weight excluding hydrogens is 510 g/mol. The van der Waals surface area contributed by atoms with Gasteiger partial charge in [-0.25, -0.2) is 4.79 Å². The second kappa shape index (κ2) is 11.8. The van der Waals surface area contributed by atoms with Gasteiger partial charge in [-0.05, 0) is 72.2 Å². The third kappa shape index (κ3) is 6.63. The minimum absolute atomic E-state index is 0.309. The number of allylic oxidation sites excluding steroid dienone is 1. The Hall–Kier alpha value is -3.35. The van der Waals surface area contributed by atoms with Crippen LogP contribution in [0.3, 0.4) is 0 Å². The van der Waals surface area contributed by atoms with Gasteiger partial charge in [0.2, 0.25) is 0 Å². The summed E-state index contributed by atoms with van der Waals surface area (Å²) in [7, 11) is 1.38. The molecule has 39 heavy (non-hydrogen) atoms. The van der Waals surface area contributed by atoms with Crippen molar-refractivity contribution in [2.75, 3.05) is 44.7 Å². The molecule has 0 amide bonds. The van der Waals surface area contributed by atoms with Gasteiger partial charge in [0.15, 0.2) is 0 Å². The van der Waals surface area contributed by atoms with Gasteiger partial charge >= 0.3 is 5.97 Å². The molecule has 1 aliphatic carbocycles. The van der Waals surface area contributed by atoms with E-state index in [1.54, 1.807) is 30.1 Å². The third-order valence-electron chi connectivity index (χ3n) is 7.76. The molecule has 0 atom stereocenters. The molecule has 1 fully saturated rings. The van der Waals surface area contributed by atoms with Crippen molar-refractivity contribution in [1.29, 1.82) is 0 Å². The molecule has 0 radical (unpaired) electrons. The van der Waals surface area contributed by atoms with Crippen LogP contribution in [0.5, 0.6) is 11.5 Å². The number of carbonyl (C=O) groups excluding carboxylic acids is 1. The molecule has 2 aromatic carbocycles. The maximum atomic E-state index is 12.4. The van der Waals surface area contributed by atoms with E-state index in [1.165, 1.54) is 24.7 Å². The average Bonchev–Trinajstić information content (AvgIpc) is 2.95. The molecule has 0 bridgehead atoms. The summed E-state index contributed by atoms with van der Waals surface area (Å²) in [6.07, 6.45) is 6.76. The van der Waals surface area contributed by atoms with E-state index >= 15 is 0 Å². The number of carbonyl (C=O) groups is 1. The van der Waals surface area contributed by atoms with Crippen molar-refractivity contribution >= 4 is 28.8 Å². The van der Waals surface area contributed by atoms with Gasteiger partial charge in [-0.2, -0.15) is 0 Å². The van der Waals surface area contributed by atoms with Crippen LogP contribution < -0.4 is 9.64 Å². The van der Waals surface area contributed by atoms with Crippen LogP contribution in [0.25, 0.3) is 5.57 Å². The largest absolute Gasteiger partial charge is 0.465 e. The molecule has 204 valence electrons. The summed E-state index contributed by atoms with van der Waals surface area (Å²) in [4.78, 5) is 21.4. The lowest BCUT2D eigenvalue weighted by molar-refractivity contribution is 0.0598. The van der Waals surface area contributed by atoms with Gasteiger partial charge in [-0.3, -0.25) is 9.88 Å². The molecule has 5 rings (SSSR count). The van der Waals surface area contributed by atoms with Gasteiger partial charge in [0, 0.05) is 55.7 Å². The second-order valence-electron chi connectivity index (χ2n) is 11.2. The van der Waals surface area contributed by atoms with Crippen molar-refractivity contribution in [3.63, 3.8) is 0 Å². The summed E-state index contributed by atoms with van der Waals surface area (Å²) in [6, 6.07) is 17.6. The van der Waals surface area contributed by atoms with Crippen molar-refractivity contribution in [1.82, 2.24) is 9.88 Å². The average molecular weight is 546 g/mol. The SMILES string of the molecule is COC(=O)c1ccc(N2CCN(CC3=C(c4ccc(Cl)cc4)CC(C)(C)CC3)CC2)cc1Oc1cccnc1. The third-order valence-corrected chi connectivity index (χ3v) is 8.01. The quantitative estimate of drug-likeness (QED) is 0.295. The van der Waals surface area contributed by atoms with Crippen molar-refractivity contribution in [3.05, 3.63) is 88.7 Å². The van der Waals surface area contributed by atoms with E-state index in [9.17, 15) is 4.79 Å². The first-order valence-corrected chi connectivity index (χ1v) is 13.9. The number of pyridine rings is 1. The molecule has 2 aliphatic rings. The first-order chi connectivity index (χ1) is 18.8. The molecule has 0 spiro atoms. The van der Waals surface area contributed by atoms with Crippen LogP contribution in [0.4, 0.5) is 5.69 Å². The number of halogens is 1. The zero-order valence-electron chi connectivity index (χ0n) is 23.0. The summed E-state index contributed by atoms with van der Waals surface area (Å²) in [5.74, 6) is 0.619. The van der Waals surface area contributed by atoms with E-state index in [2.05, 4.69) is 40.8 Å². The molecule has 0 saturated carbocycles. The van der Waals surface area contributed by atoms with Gasteiger partial charge in [0.25, 0.3) is 0 Å². The standard InChI is InChI=1S/C32H36ClN3O3/c1-32(2)13-12-24(29(20-32)23-6-8-25(33)9-7-23)22-35-15-17-36(18-16-35)26-10-11-28(31(37)38-3)30(19-26)39-27-5-4-14-34-21-27/h4-11,14,19,21H,12-13,15-18,20,22H2,1-3H3. The predicted octanol–water partition coefficient (Wildman–Crippen LogP) is 7.10. The van der Waals surface area contributed by atoms with Gasteiger partial charge in [0.05, 0.1) is 13.3 Å². The number of hydrogen-bond donors (Lipinski definition) is 0. The normalized spacial score (nSPS) is 17.7. The fourth-order valence-corrected chi connectivity index (χ4v) is 5.63. The molecule has 2 heterocycles. The molecule has 7 heteroatoms. The van der Waals surface area contributed by atoms with Crippen LogP contribution in [-0.2, 0) is 4.74 Å². The first kappa shape index (κ1) is 27.2. The van der Waals surface area contributed by atoms with Crippen LogP contribution in [-0.4, -0.2) is 55.7 Å². The number of piperazine rings is 1. The molecule has 1 saturated heterocycles. The molecule has 1 aliphatic heterocycles. The monoisotopic (exact) mass is 545 g/mol. The van der Waals surface area contributed by atoms with Gasteiger partial charge in [-0.1, -0.05) is 43.2 Å². The lowest BCUT2D eigenvalue weighted by Crippen LogP contribution is -2.47. The molecule has 0 unspecified atom stereocenters. The Balaban J connectivity index is 1.30. The van der Waals surface area contributed by atoms with Gasteiger partial charge < -0.3 is 14.4 Å². The highest BCUT2D eigenvalue weighted by molar-refractivity contribution is 6.30. The number of nitrogens with zero attached hydrogens (tertiary/aromatic N) is 3. The van der Waals surface area contributed by atoms with Crippen LogP contribution >= 0.6 is 11.6 Å². The Morgan fingerprint density at radius 1 is 1.05 bits per heavy atom. The smallest absolute Gasteiger partial charge is 0.341 e. The Morgan fingerprint density at radius 3 is 2.51 bits per heavy atom. The molecular formula is C32H36ClN3O3. The highest BCUT2D eigenvalue weighted by Crippen LogP contribution is 2.43. The van der Waals surface area contributed by atoms with Crippen LogP contribution in [0.2, 0.25) is 5.02 Å². The number of anilines is 1. The Bertz CT molecular complexity index is 1330. The fourth-order valence-electron chi connectivity index (χ4n) is 5.50. The number of methoxy groups -OCH3 is 1. The van der Waals surface area contributed by atoms with Gasteiger partial charge in [0.1, 0.15) is 17.1 Å². The lowest BCUT2D eigenvalue weighted by atomic mass is 9.72. The zero-order chi connectivity index (χ0) is 27.4. The summed E-state index contributed by atoms with van der Waals surface area (Å²) in [6.45, 7) is 9.49. The summed E-state index contributed by atoms with van der Waals surface area (Å²) >= 11 is 6.18. The van der Waals surface area contributed by atoms with Crippen LogP contribution in [0, 0.1) is 5.41 Å². The number of benzene rings is 2. The molecule has 0 N–H and O–H groups in total. The van der Waals surface area contributed by atoms with Crippen molar-refractivity contribution in [2.45, 2.75) is 33.1 Å². The van der Waals surface area contributed by atoms with E-state index in [4.69, 9.17) is 21.1 Å². The van der Waals surface area contributed by atoms with E-state index in [1.807, 2.05) is 30.3 Å². The lowest BCUT2D eigenvalue weighted by Gasteiger charge is -2.39. The Morgan fingerprint density at radius 2 is 1.82 bits per heavy atom. The zero-order valence-corrected chi connectivity index (χ0v) is 23.7. The number of rotatable bonds is 7. The summed E-state index contributed by atoms with van der Waals surface area (Å²) in [5.41, 5.74) is 6.07. The van der Waals surface area contributed by atoms with Crippen molar-refractivity contribution in [3.8, 4) is 11.5 Å². The minimum atomic E-state index is -0.425. The van der Waals surface area contributed by atoms with E-state index in [0.29, 0.717) is 22.5 Å². The van der Waals surface area contributed by atoms with Crippen molar-refractivity contribution < 1.29 is 14.3 Å². The first-order valence-electron chi connectivity index (χ1n) is 13.6. The number of aromatic nitrogens is 1.